The molecule has 1 saturated carbocycles. The van der Waals surface area contributed by atoms with Gasteiger partial charge in [0.25, 0.3) is 0 Å². The quantitative estimate of drug-likeness (QED) is 0.756. The van der Waals surface area contributed by atoms with Crippen LogP contribution in [0.4, 0.5) is 5.69 Å². The molecule has 2 rings (SSSR count). The van der Waals surface area contributed by atoms with Crippen LogP contribution in [-0.2, 0) is 0 Å². The molecule has 0 unspecified atom stereocenters. The Balaban J connectivity index is 2.14. The molecule has 1 N–H and O–H groups in total. The van der Waals surface area contributed by atoms with Crippen LogP contribution in [0.15, 0.2) is 17.1 Å². The Hall–Kier alpha value is -1.31. The van der Waals surface area contributed by atoms with Crippen molar-refractivity contribution < 1.29 is 5.11 Å². The van der Waals surface area contributed by atoms with Gasteiger partial charge in [-0.05, 0) is 49.8 Å². The van der Waals surface area contributed by atoms with Gasteiger partial charge in [0.2, 0.25) is 0 Å². The fraction of sp³-hybridized carbons (Fsp3) is 0.533. The number of phenolic OH excluding ortho intramolecular Hbond substituents is 1. The topological polar surface area (TPSA) is 32.6 Å². The average Bonchev–Trinajstić information content (AvgIpc) is 2.33. The van der Waals surface area contributed by atoms with E-state index in [0.717, 1.165) is 11.1 Å². The van der Waals surface area contributed by atoms with E-state index in [4.69, 9.17) is 0 Å². The van der Waals surface area contributed by atoms with Crippen LogP contribution >= 0.6 is 0 Å². The summed E-state index contributed by atoms with van der Waals surface area (Å²) in [4.78, 5) is 4.48. The molecule has 0 heterocycles. The fourth-order valence-corrected chi connectivity index (χ4v) is 2.50. The maximum absolute atomic E-state index is 9.94. The van der Waals surface area contributed by atoms with Crippen molar-refractivity contribution in [2.24, 2.45) is 10.9 Å². The van der Waals surface area contributed by atoms with Crippen LogP contribution in [0.5, 0.6) is 5.75 Å². The number of phenols is 1. The van der Waals surface area contributed by atoms with Crippen LogP contribution in [0.25, 0.3) is 0 Å². The van der Waals surface area contributed by atoms with Gasteiger partial charge in [-0.3, -0.25) is 4.99 Å². The summed E-state index contributed by atoms with van der Waals surface area (Å²) in [5.41, 5.74) is 2.77. The van der Waals surface area contributed by atoms with E-state index < -0.39 is 0 Å². The molecule has 1 aliphatic rings. The lowest BCUT2D eigenvalue weighted by molar-refractivity contribution is 0.444. The van der Waals surface area contributed by atoms with E-state index in [1.165, 1.54) is 32.1 Å². The van der Waals surface area contributed by atoms with Crippen LogP contribution in [0.3, 0.4) is 0 Å². The highest BCUT2D eigenvalue weighted by atomic mass is 16.3. The molecule has 0 aromatic heterocycles. The molecule has 0 aliphatic heterocycles. The lowest BCUT2D eigenvalue weighted by Gasteiger charge is -2.17. The minimum Gasteiger partial charge on any atom is -0.505 e. The molecular formula is C15H21NO. The predicted molar refractivity (Wildman–Crippen MR) is 72.3 cm³/mol. The maximum atomic E-state index is 9.94. The third kappa shape index (κ3) is 3.09. The van der Waals surface area contributed by atoms with Crippen LogP contribution in [-0.4, -0.2) is 11.3 Å². The van der Waals surface area contributed by atoms with Crippen molar-refractivity contribution in [1.82, 2.24) is 0 Å². The molecule has 0 bridgehead atoms. The van der Waals surface area contributed by atoms with Crippen LogP contribution in [0, 0.1) is 19.8 Å². The van der Waals surface area contributed by atoms with E-state index in [2.05, 4.69) is 4.99 Å². The molecule has 1 aromatic rings. The lowest BCUT2D eigenvalue weighted by Crippen LogP contribution is -2.06. The largest absolute Gasteiger partial charge is 0.505 e. The van der Waals surface area contributed by atoms with Gasteiger partial charge in [-0.1, -0.05) is 25.3 Å². The molecule has 0 amide bonds. The van der Waals surface area contributed by atoms with Gasteiger partial charge in [0.1, 0.15) is 11.4 Å². The number of rotatable bonds is 2. The number of hydrogen-bond donors (Lipinski definition) is 1. The molecule has 17 heavy (non-hydrogen) atoms. The van der Waals surface area contributed by atoms with Crippen molar-refractivity contribution in [2.75, 3.05) is 0 Å². The molecule has 0 radical (unpaired) electrons. The van der Waals surface area contributed by atoms with Gasteiger partial charge in [0, 0.05) is 6.21 Å². The minimum atomic E-state index is 0.322. The van der Waals surface area contributed by atoms with Crippen molar-refractivity contribution in [3.63, 3.8) is 0 Å². The van der Waals surface area contributed by atoms with Crippen LogP contribution in [0.1, 0.15) is 43.2 Å². The third-order valence-corrected chi connectivity index (χ3v) is 3.50. The van der Waals surface area contributed by atoms with Gasteiger partial charge in [0.15, 0.2) is 0 Å². The SMILES string of the molecule is Cc1cc(C)c(O)c(/N=C\C2CCCCC2)c1. The van der Waals surface area contributed by atoms with Crippen molar-refractivity contribution in [1.29, 1.82) is 0 Å². The van der Waals surface area contributed by atoms with Crippen LogP contribution < -0.4 is 0 Å². The molecule has 0 saturated heterocycles. The number of nitrogens with zero attached hydrogens (tertiary/aromatic N) is 1. The fourth-order valence-electron chi connectivity index (χ4n) is 2.50. The second-order valence-electron chi connectivity index (χ2n) is 5.13. The Labute approximate surface area is 103 Å². The molecule has 1 aromatic carbocycles. The number of hydrogen-bond acceptors (Lipinski definition) is 2. The molecule has 2 nitrogen and oxygen atoms in total. The normalized spacial score (nSPS) is 17.8. The predicted octanol–water partition coefficient (Wildman–Crippen LogP) is 4.29. The number of aromatic hydroxyl groups is 1. The highest BCUT2D eigenvalue weighted by molar-refractivity contribution is 5.69. The molecule has 1 fully saturated rings. The number of aryl methyl sites for hydroxylation is 2. The maximum Gasteiger partial charge on any atom is 0.144 e. The Kier molecular flexibility index (Phi) is 3.82. The van der Waals surface area contributed by atoms with E-state index in [9.17, 15) is 5.11 Å². The minimum absolute atomic E-state index is 0.322. The summed E-state index contributed by atoms with van der Waals surface area (Å²) in [5.74, 6) is 0.923. The summed E-state index contributed by atoms with van der Waals surface area (Å²) < 4.78 is 0. The standard InChI is InChI=1S/C15H21NO/c1-11-8-12(2)15(17)14(9-11)16-10-13-6-4-3-5-7-13/h8-10,13,17H,3-7H2,1-2H3/b16-10-. The van der Waals surface area contributed by atoms with Gasteiger partial charge in [-0.15, -0.1) is 0 Å². The Morgan fingerprint density at radius 1 is 1.18 bits per heavy atom. The first-order valence-electron chi connectivity index (χ1n) is 6.51. The molecule has 2 heteroatoms. The first-order valence-corrected chi connectivity index (χ1v) is 6.51. The Morgan fingerprint density at radius 3 is 2.59 bits per heavy atom. The molecule has 1 aliphatic carbocycles. The van der Waals surface area contributed by atoms with Crippen LogP contribution in [0.2, 0.25) is 0 Å². The van der Waals surface area contributed by atoms with E-state index in [1.807, 2.05) is 32.2 Å². The zero-order valence-corrected chi connectivity index (χ0v) is 10.7. The van der Waals surface area contributed by atoms with E-state index in [-0.39, 0.29) is 0 Å². The van der Waals surface area contributed by atoms with Crippen molar-refractivity contribution in [3.8, 4) is 5.75 Å². The number of aliphatic imine (C=N–C) groups is 1. The summed E-state index contributed by atoms with van der Waals surface area (Å²) >= 11 is 0. The highest BCUT2D eigenvalue weighted by Crippen LogP contribution is 2.32. The second-order valence-corrected chi connectivity index (χ2v) is 5.13. The summed E-state index contributed by atoms with van der Waals surface area (Å²) in [6.07, 6.45) is 8.52. The zero-order valence-electron chi connectivity index (χ0n) is 10.7. The summed E-state index contributed by atoms with van der Waals surface area (Å²) in [6.45, 7) is 3.95. The molecule has 0 atom stereocenters. The van der Waals surface area contributed by atoms with E-state index in [1.54, 1.807) is 0 Å². The monoisotopic (exact) mass is 231 g/mol. The summed E-state index contributed by atoms with van der Waals surface area (Å²) in [7, 11) is 0. The Morgan fingerprint density at radius 2 is 1.88 bits per heavy atom. The van der Waals surface area contributed by atoms with Gasteiger partial charge in [0.05, 0.1) is 0 Å². The smallest absolute Gasteiger partial charge is 0.144 e. The lowest BCUT2D eigenvalue weighted by atomic mass is 9.90. The average molecular weight is 231 g/mol. The van der Waals surface area contributed by atoms with Gasteiger partial charge in [-0.25, -0.2) is 0 Å². The Bertz CT molecular complexity index is 417. The van der Waals surface area contributed by atoms with Crippen molar-refractivity contribution in [3.05, 3.63) is 23.3 Å². The first kappa shape index (κ1) is 12.2. The van der Waals surface area contributed by atoms with Gasteiger partial charge in [-0.2, -0.15) is 0 Å². The van der Waals surface area contributed by atoms with Crippen molar-refractivity contribution >= 4 is 11.9 Å². The molecule has 0 spiro atoms. The molecular weight excluding hydrogens is 210 g/mol. The molecule has 92 valence electrons. The van der Waals surface area contributed by atoms with E-state index >= 15 is 0 Å². The summed E-state index contributed by atoms with van der Waals surface area (Å²) in [6, 6.07) is 3.93. The second kappa shape index (κ2) is 5.35. The highest BCUT2D eigenvalue weighted by Gasteiger charge is 2.11. The van der Waals surface area contributed by atoms with Crippen molar-refractivity contribution in [2.45, 2.75) is 46.0 Å². The third-order valence-electron chi connectivity index (χ3n) is 3.50. The number of benzene rings is 1. The summed E-state index contributed by atoms with van der Waals surface area (Å²) in [5, 5.41) is 9.94. The zero-order chi connectivity index (χ0) is 12.3. The van der Waals surface area contributed by atoms with E-state index in [0.29, 0.717) is 17.4 Å². The first-order chi connectivity index (χ1) is 8.16. The van der Waals surface area contributed by atoms with Gasteiger partial charge < -0.3 is 5.11 Å². The van der Waals surface area contributed by atoms with Gasteiger partial charge >= 0.3 is 0 Å².